The smallest absolute Gasteiger partial charge is 0.325 e. The molecule has 0 saturated carbocycles. The van der Waals surface area contributed by atoms with Gasteiger partial charge < -0.3 is 15.0 Å². The Balaban J connectivity index is 2.61. The molecule has 5 nitrogen and oxygen atoms in total. The molecule has 2 amide bonds. The minimum Gasteiger partial charge on any atom is -0.465 e. The summed E-state index contributed by atoms with van der Waals surface area (Å²) in [7, 11) is 0. The lowest BCUT2D eigenvalue weighted by Gasteiger charge is -2.22. The Morgan fingerprint density at radius 2 is 1.91 bits per heavy atom. The molecule has 0 aliphatic carbocycles. The summed E-state index contributed by atoms with van der Waals surface area (Å²) in [4.78, 5) is 25.2. The fraction of sp³-hybridized carbons (Fsp3) is 0.444. The van der Waals surface area contributed by atoms with E-state index < -0.39 is 5.97 Å². The monoisotopic (exact) mass is 318 g/mol. The molecule has 0 fully saturated rings. The van der Waals surface area contributed by atoms with Crippen LogP contribution in [-0.2, 0) is 9.53 Å². The molecule has 1 N–H and O–H groups in total. The van der Waals surface area contributed by atoms with Gasteiger partial charge in [-0.1, -0.05) is 48.9 Å². The number of benzene rings is 1. The van der Waals surface area contributed by atoms with E-state index in [4.69, 9.17) is 4.74 Å². The number of nitrogens with zero attached hydrogens (tertiary/aromatic N) is 1. The standard InChI is InChI=1S/C18H26N2O3/c1-4-11-20(18(22)19-13-17(21)23-5-2)14-15(3)12-16-9-7-6-8-10-16/h6-10,12H,4-5,11,13-14H2,1-3H3,(H,19,22)/b15-12+. The highest BCUT2D eigenvalue weighted by atomic mass is 16.5. The van der Waals surface area contributed by atoms with Crippen LogP contribution in [0.2, 0.25) is 0 Å². The molecular formula is C18H26N2O3. The van der Waals surface area contributed by atoms with Crippen molar-refractivity contribution in [2.75, 3.05) is 26.2 Å². The van der Waals surface area contributed by atoms with E-state index >= 15 is 0 Å². The lowest BCUT2D eigenvalue weighted by molar-refractivity contribution is -0.141. The summed E-state index contributed by atoms with van der Waals surface area (Å²) in [6.45, 7) is 7.11. The predicted octanol–water partition coefficient (Wildman–Crippen LogP) is 3.07. The van der Waals surface area contributed by atoms with Crippen LogP contribution in [0.25, 0.3) is 6.08 Å². The number of nitrogens with one attached hydrogen (secondary N) is 1. The molecule has 0 saturated heterocycles. The first-order chi connectivity index (χ1) is 11.1. The van der Waals surface area contributed by atoms with Crippen molar-refractivity contribution >= 4 is 18.1 Å². The summed E-state index contributed by atoms with van der Waals surface area (Å²) in [5.74, 6) is -0.422. The number of ether oxygens (including phenoxy) is 1. The molecular weight excluding hydrogens is 292 g/mol. The molecule has 0 aliphatic rings. The van der Waals surface area contributed by atoms with Crippen LogP contribution in [0.3, 0.4) is 0 Å². The average molecular weight is 318 g/mol. The lowest BCUT2D eigenvalue weighted by atomic mass is 10.1. The average Bonchev–Trinajstić information content (AvgIpc) is 2.53. The minimum atomic E-state index is -0.422. The Bertz CT molecular complexity index is 526. The molecule has 0 spiro atoms. The minimum absolute atomic E-state index is 0.103. The van der Waals surface area contributed by atoms with Gasteiger partial charge in [-0.3, -0.25) is 4.79 Å². The molecule has 1 aromatic rings. The lowest BCUT2D eigenvalue weighted by Crippen LogP contribution is -2.43. The number of carbonyl (C=O) groups excluding carboxylic acids is 2. The zero-order chi connectivity index (χ0) is 17.1. The maximum absolute atomic E-state index is 12.2. The fourth-order valence-electron chi connectivity index (χ4n) is 2.17. The molecule has 0 aliphatic heterocycles. The SMILES string of the molecule is CCCN(C/C(C)=C/c1ccccc1)C(=O)NCC(=O)OCC. The summed E-state index contributed by atoms with van der Waals surface area (Å²) in [6, 6.07) is 9.73. The molecule has 0 aromatic heterocycles. The van der Waals surface area contributed by atoms with Crippen molar-refractivity contribution in [1.82, 2.24) is 10.2 Å². The quantitative estimate of drug-likeness (QED) is 0.749. The molecule has 0 radical (unpaired) electrons. The molecule has 23 heavy (non-hydrogen) atoms. The van der Waals surface area contributed by atoms with Gasteiger partial charge in [0.05, 0.1) is 6.61 Å². The molecule has 1 aromatic carbocycles. The van der Waals surface area contributed by atoms with Crippen molar-refractivity contribution < 1.29 is 14.3 Å². The van der Waals surface area contributed by atoms with Gasteiger partial charge in [0.2, 0.25) is 0 Å². The molecule has 5 heteroatoms. The Kier molecular flexibility index (Phi) is 8.50. The van der Waals surface area contributed by atoms with E-state index in [1.54, 1.807) is 11.8 Å². The summed E-state index contributed by atoms with van der Waals surface area (Å²) >= 11 is 0. The summed E-state index contributed by atoms with van der Waals surface area (Å²) in [5.41, 5.74) is 2.18. The second kappa shape index (κ2) is 10.4. The first-order valence-corrected chi connectivity index (χ1v) is 7.97. The van der Waals surface area contributed by atoms with Gasteiger partial charge in [0.15, 0.2) is 0 Å². The Morgan fingerprint density at radius 1 is 1.22 bits per heavy atom. The third-order valence-corrected chi connectivity index (χ3v) is 3.12. The molecule has 0 bridgehead atoms. The number of hydrogen-bond acceptors (Lipinski definition) is 3. The number of rotatable bonds is 8. The highest BCUT2D eigenvalue weighted by Crippen LogP contribution is 2.08. The Labute approximate surface area is 138 Å². The van der Waals surface area contributed by atoms with Crippen LogP contribution in [0.5, 0.6) is 0 Å². The van der Waals surface area contributed by atoms with Crippen LogP contribution >= 0.6 is 0 Å². The highest BCUT2D eigenvalue weighted by Gasteiger charge is 2.14. The van der Waals surface area contributed by atoms with E-state index in [-0.39, 0.29) is 12.6 Å². The van der Waals surface area contributed by atoms with E-state index in [1.807, 2.05) is 44.2 Å². The molecule has 0 unspecified atom stereocenters. The van der Waals surface area contributed by atoms with Crippen LogP contribution in [0, 0.1) is 0 Å². The van der Waals surface area contributed by atoms with Crippen molar-refractivity contribution in [3.63, 3.8) is 0 Å². The predicted molar refractivity (Wildman–Crippen MR) is 92.0 cm³/mol. The van der Waals surface area contributed by atoms with E-state index in [2.05, 4.69) is 11.4 Å². The molecule has 0 heterocycles. The van der Waals surface area contributed by atoms with Crippen LogP contribution in [0.1, 0.15) is 32.8 Å². The van der Waals surface area contributed by atoms with Crippen molar-refractivity contribution in [3.8, 4) is 0 Å². The number of carbonyl (C=O) groups is 2. The van der Waals surface area contributed by atoms with Crippen LogP contribution in [0.4, 0.5) is 4.79 Å². The molecule has 126 valence electrons. The van der Waals surface area contributed by atoms with Gasteiger partial charge in [-0.2, -0.15) is 0 Å². The zero-order valence-corrected chi connectivity index (χ0v) is 14.2. The normalized spacial score (nSPS) is 11.0. The van der Waals surface area contributed by atoms with Crippen molar-refractivity contribution in [2.24, 2.45) is 0 Å². The number of urea groups is 1. The van der Waals surface area contributed by atoms with E-state index in [0.29, 0.717) is 19.7 Å². The molecule has 0 atom stereocenters. The van der Waals surface area contributed by atoms with Crippen molar-refractivity contribution in [3.05, 3.63) is 41.5 Å². The number of hydrogen-bond donors (Lipinski definition) is 1. The topological polar surface area (TPSA) is 58.6 Å². The van der Waals surface area contributed by atoms with Gasteiger partial charge in [-0.05, 0) is 25.8 Å². The first kappa shape index (κ1) is 18.7. The maximum Gasteiger partial charge on any atom is 0.325 e. The summed E-state index contributed by atoms with van der Waals surface area (Å²) in [5, 5.41) is 2.61. The van der Waals surface area contributed by atoms with Gasteiger partial charge in [0.25, 0.3) is 0 Å². The highest BCUT2D eigenvalue weighted by molar-refractivity contribution is 5.81. The van der Waals surface area contributed by atoms with Gasteiger partial charge in [0.1, 0.15) is 6.54 Å². The van der Waals surface area contributed by atoms with Crippen LogP contribution < -0.4 is 5.32 Å². The fourth-order valence-corrected chi connectivity index (χ4v) is 2.17. The molecule has 1 rings (SSSR count). The van der Waals surface area contributed by atoms with Crippen molar-refractivity contribution in [2.45, 2.75) is 27.2 Å². The second-order valence-electron chi connectivity index (χ2n) is 5.29. The Hall–Kier alpha value is -2.30. The summed E-state index contributed by atoms with van der Waals surface area (Å²) < 4.78 is 4.81. The van der Waals surface area contributed by atoms with E-state index in [0.717, 1.165) is 17.6 Å². The largest absolute Gasteiger partial charge is 0.465 e. The van der Waals surface area contributed by atoms with Gasteiger partial charge in [-0.15, -0.1) is 0 Å². The van der Waals surface area contributed by atoms with Crippen LogP contribution in [0.15, 0.2) is 35.9 Å². The zero-order valence-electron chi connectivity index (χ0n) is 14.2. The third kappa shape index (κ3) is 7.49. The third-order valence-electron chi connectivity index (χ3n) is 3.12. The van der Waals surface area contributed by atoms with Gasteiger partial charge >= 0.3 is 12.0 Å². The van der Waals surface area contributed by atoms with Gasteiger partial charge in [0, 0.05) is 13.1 Å². The maximum atomic E-state index is 12.2. The number of amides is 2. The number of esters is 1. The van der Waals surface area contributed by atoms with Crippen LogP contribution in [-0.4, -0.2) is 43.1 Å². The van der Waals surface area contributed by atoms with E-state index in [9.17, 15) is 9.59 Å². The van der Waals surface area contributed by atoms with E-state index in [1.165, 1.54) is 0 Å². The summed E-state index contributed by atoms with van der Waals surface area (Å²) in [6.07, 6.45) is 2.91. The Morgan fingerprint density at radius 3 is 2.52 bits per heavy atom. The van der Waals surface area contributed by atoms with Gasteiger partial charge in [-0.25, -0.2) is 4.79 Å². The van der Waals surface area contributed by atoms with Crippen molar-refractivity contribution in [1.29, 1.82) is 0 Å². The first-order valence-electron chi connectivity index (χ1n) is 7.97. The second-order valence-corrected chi connectivity index (χ2v) is 5.29.